The monoisotopic (exact) mass is 397 g/mol. The number of amides is 1. The maximum Gasteiger partial charge on any atom is 0.234 e. The second-order valence-electron chi connectivity index (χ2n) is 7.56. The normalized spacial score (nSPS) is 15.6. The van der Waals surface area contributed by atoms with E-state index in [0.717, 1.165) is 36.7 Å². The number of carbonyl (C=O) groups is 1. The largest absolute Gasteiger partial charge is 0.374 e. The summed E-state index contributed by atoms with van der Waals surface area (Å²) in [6.07, 6.45) is 3.89. The summed E-state index contributed by atoms with van der Waals surface area (Å²) < 4.78 is 5.60. The number of nitrogens with zero attached hydrogens (tertiary/aromatic N) is 1. The van der Waals surface area contributed by atoms with E-state index in [-0.39, 0.29) is 24.4 Å². The summed E-state index contributed by atoms with van der Waals surface area (Å²) in [5.41, 5.74) is 2.28. The second kappa shape index (κ2) is 13.1. The van der Waals surface area contributed by atoms with E-state index >= 15 is 0 Å². The van der Waals surface area contributed by atoms with Gasteiger partial charge in [-0.1, -0.05) is 24.3 Å². The fourth-order valence-corrected chi connectivity index (χ4v) is 3.26. The molecule has 0 atom stereocenters. The number of halogens is 1. The first-order chi connectivity index (χ1) is 12.6. The fraction of sp³-hybridized carbons (Fsp3) is 0.667. The Morgan fingerprint density at radius 3 is 2.41 bits per heavy atom. The molecule has 5 nitrogen and oxygen atoms in total. The SMILES string of the molecule is CNCCC1CCN(CC(=O)NCc2ccc(COC(C)C)cc2)CC1.Cl. The summed E-state index contributed by atoms with van der Waals surface area (Å²) in [5.74, 6) is 0.922. The highest BCUT2D eigenvalue weighted by molar-refractivity contribution is 5.85. The molecule has 0 unspecified atom stereocenters. The van der Waals surface area contributed by atoms with Crippen molar-refractivity contribution >= 4 is 18.3 Å². The fourth-order valence-electron chi connectivity index (χ4n) is 3.26. The van der Waals surface area contributed by atoms with Gasteiger partial charge >= 0.3 is 0 Å². The molecular weight excluding hydrogens is 362 g/mol. The number of piperidine rings is 1. The molecule has 1 amide bonds. The number of hydrogen-bond acceptors (Lipinski definition) is 4. The molecule has 0 radical (unpaired) electrons. The van der Waals surface area contributed by atoms with Crippen molar-refractivity contribution in [1.29, 1.82) is 0 Å². The molecule has 0 spiro atoms. The van der Waals surface area contributed by atoms with Crippen LogP contribution in [0.25, 0.3) is 0 Å². The molecule has 6 heteroatoms. The van der Waals surface area contributed by atoms with Crippen LogP contribution in [-0.2, 0) is 22.7 Å². The lowest BCUT2D eigenvalue weighted by molar-refractivity contribution is -0.122. The van der Waals surface area contributed by atoms with Crippen molar-refractivity contribution in [2.45, 2.75) is 52.4 Å². The third-order valence-corrected chi connectivity index (χ3v) is 4.97. The molecule has 0 bridgehead atoms. The Kier molecular flexibility index (Phi) is 11.6. The van der Waals surface area contributed by atoms with Gasteiger partial charge in [0.15, 0.2) is 0 Å². The maximum atomic E-state index is 12.2. The highest BCUT2D eigenvalue weighted by Gasteiger charge is 2.20. The van der Waals surface area contributed by atoms with Gasteiger partial charge in [0.1, 0.15) is 0 Å². The van der Waals surface area contributed by atoms with Crippen LogP contribution in [0.4, 0.5) is 0 Å². The number of benzene rings is 1. The van der Waals surface area contributed by atoms with Gasteiger partial charge < -0.3 is 15.4 Å². The van der Waals surface area contributed by atoms with E-state index in [0.29, 0.717) is 19.7 Å². The minimum absolute atomic E-state index is 0. The van der Waals surface area contributed by atoms with Crippen molar-refractivity contribution < 1.29 is 9.53 Å². The zero-order valence-corrected chi connectivity index (χ0v) is 17.8. The van der Waals surface area contributed by atoms with Crippen molar-refractivity contribution in [3.8, 4) is 0 Å². The topological polar surface area (TPSA) is 53.6 Å². The number of rotatable bonds is 10. The summed E-state index contributed by atoms with van der Waals surface area (Å²) in [6, 6.07) is 8.26. The van der Waals surface area contributed by atoms with Crippen molar-refractivity contribution in [1.82, 2.24) is 15.5 Å². The Labute approximate surface area is 170 Å². The Bertz CT molecular complexity index is 529. The van der Waals surface area contributed by atoms with Crippen molar-refractivity contribution in [2.24, 2.45) is 5.92 Å². The summed E-state index contributed by atoms with van der Waals surface area (Å²) >= 11 is 0. The Balaban J connectivity index is 0.00000364. The maximum absolute atomic E-state index is 12.2. The molecule has 1 aliphatic heterocycles. The predicted molar refractivity (Wildman–Crippen MR) is 113 cm³/mol. The van der Waals surface area contributed by atoms with Crippen LogP contribution in [0.3, 0.4) is 0 Å². The minimum atomic E-state index is 0. The molecule has 2 rings (SSSR count). The van der Waals surface area contributed by atoms with E-state index in [1.54, 1.807) is 0 Å². The highest BCUT2D eigenvalue weighted by atomic mass is 35.5. The average Bonchev–Trinajstić information content (AvgIpc) is 2.65. The molecule has 2 N–H and O–H groups in total. The van der Waals surface area contributed by atoms with Gasteiger partial charge in [0.2, 0.25) is 5.91 Å². The number of nitrogens with one attached hydrogen (secondary N) is 2. The lowest BCUT2D eigenvalue weighted by Crippen LogP contribution is -2.41. The number of ether oxygens (including phenoxy) is 1. The molecule has 0 aliphatic carbocycles. The molecule has 1 fully saturated rings. The van der Waals surface area contributed by atoms with Crippen molar-refractivity contribution in [3.63, 3.8) is 0 Å². The Morgan fingerprint density at radius 2 is 1.81 bits per heavy atom. The highest BCUT2D eigenvalue weighted by Crippen LogP contribution is 2.19. The standard InChI is InChI=1S/C21H35N3O2.ClH/c1-17(2)26-16-20-6-4-19(5-7-20)14-23-21(25)15-24-12-9-18(10-13-24)8-11-22-3;/h4-7,17-18,22H,8-16H2,1-3H3,(H,23,25);1H. The van der Waals surface area contributed by atoms with Crippen LogP contribution in [0.1, 0.15) is 44.2 Å². The average molecular weight is 398 g/mol. The van der Waals surface area contributed by atoms with E-state index in [2.05, 4.69) is 39.8 Å². The molecule has 0 saturated carbocycles. The van der Waals surface area contributed by atoms with Crippen molar-refractivity contribution in [3.05, 3.63) is 35.4 Å². The zero-order valence-electron chi connectivity index (χ0n) is 17.0. The van der Waals surface area contributed by atoms with Gasteiger partial charge in [-0.2, -0.15) is 0 Å². The predicted octanol–water partition coefficient (Wildman–Crippen LogP) is 2.97. The lowest BCUT2D eigenvalue weighted by Gasteiger charge is -2.31. The summed E-state index contributed by atoms with van der Waals surface area (Å²) in [5, 5.41) is 6.26. The third kappa shape index (κ3) is 9.56. The minimum Gasteiger partial charge on any atom is -0.374 e. The van der Waals surface area contributed by atoms with E-state index in [1.165, 1.54) is 19.3 Å². The van der Waals surface area contributed by atoms with Crippen molar-refractivity contribution in [2.75, 3.05) is 33.2 Å². The van der Waals surface area contributed by atoms with Crippen LogP contribution in [0, 0.1) is 5.92 Å². The lowest BCUT2D eigenvalue weighted by atomic mass is 9.93. The van der Waals surface area contributed by atoms with E-state index in [9.17, 15) is 4.79 Å². The molecular formula is C21H36ClN3O2. The van der Waals surface area contributed by atoms with Crippen LogP contribution in [0.2, 0.25) is 0 Å². The van der Waals surface area contributed by atoms with Crippen LogP contribution in [0.5, 0.6) is 0 Å². The van der Waals surface area contributed by atoms with Gasteiger partial charge in [-0.05, 0) is 76.8 Å². The summed E-state index contributed by atoms with van der Waals surface area (Å²) in [4.78, 5) is 14.5. The first-order valence-electron chi connectivity index (χ1n) is 9.90. The van der Waals surface area contributed by atoms with Crippen LogP contribution >= 0.6 is 12.4 Å². The van der Waals surface area contributed by atoms with Crippen LogP contribution in [-0.4, -0.2) is 50.1 Å². The molecule has 27 heavy (non-hydrogen) atoms. The number of likely N-dealkylation sites (tertiary alicyclic amines) is 1. The molecule has 1 aromatic carbocycles. The molecule has 1 aromatic rings. The van der Waals surface area contributed by atoms with Gasteiger partial charge in [-0.25, -0.2) is 0 Å². The zero-order chi connectivity index (χ0) is 18.8. The molecule has 154 valence electrons. The Morgan fingerprint density at radius 1 is 1.19 bits per heavy atom. The smallest absolute Gasteiger partial charge is 0.234 e. The quantitative estimate of drug-likeness (QED) is 0.637. The van der Waals surface area contributed by atoms with Gasteiger partial charge in [-0.3, -0.25) is 9.69 Å². The van der Waals surface area contributed by atoms with Crippen LogP contribution < -0.4 is 10.6 Å². The van der Waals surface area contributed by atoms with Crippen LogP contribution in [0.15, 0.2) is 24.3 Å². The number of carbonyl (C=O) groups excluding carboxylic acids is 1. The molecule has 1 saturated heterocycles. The summed E-state index contributed by atoms with van der Waals surface area (Å²) in [6.45, 7) is 8.96. The van der Waals surface area contributed by atoms with E-state index in [1.807, 2.05) is 20.9 Å². The first-order valence-corrected chi connectivity index (χ1v) is 9.90. The van der Waals surface area contributed by atoms with E-state index < -0.39 is 0 Å². The number of hydrogen-bond donors (Lipinski definition) is 2. The Hall–Kier alpha value is -1.14. The van der Waals surface area contributed by atoms with E-state index in [4.69, 9.17) is 4.74 Å². The third-order valence-electron chi connectivity index (χ3n) is 4.97. The van der Waals surface area contributed by atoms with Gasteiger partial charge in [0, 0.05) is 6.54 Å². The second-order valence-corrected chi connectivity index (χ2v) is 7.56. The molecule has 0 aromatic heterocycles. The first kappa shape index (κ1) is 23.9. The molecule has 1 heterocycles. The van der Waals surface area contributed by atoms with Gasteiger partial charge in [-0.15, -0.1) is 12.4 Å². The van der Waals surface area contributed by atoms with Gasteiger partial charge in [0.25, 0.3) is 0 Å². The summed E-state index contributed by atoms with van der Waals surface area (Å²) in [7, 11) is 2.01. The molecule has 1 aliphatic rings. The van der Waals surface area contributed by atoms with Gasteiger partial charge in [0.05, 0.1) is 19.3 Å².